The van der Waals surface area contributed by atoms with E-state index in [1.807, 2.05) is 23.1 Å². The van der Waals surface area contributed by atoms with Crippen molar-refractivity contribution in [1.82, 2.24) is 14.5 Å². The van der Waals surface area contributed by atoms with E-state index in [4.69, 9.17) is 12.2 Å². The molecule has 2 aromatic carbocycles. The Kier molecular flexibility index (Phi) is 5.93. The van der Waals surface area contributed by atoms with Gasteiger partial charge in [0.25, 0.3) is 11.5 Å². The topological polar surface area (TPSA) is 62.5 Å². The van der Waals surface area contributed by atoms with Crippen molar-refractivity contribution in [3.05, 3.63) is 69.2 Å². The van der Waals surface area contributed by atoms with E-state index in [0.29, 0.717) is 21.4 Å². The van der Waals surface area contributed by atoms with E-state index in [0.717, 1.165) is 37.7 Å². The fourth-order valence-electron chi connectivity index (χ4n) is 5.25. The number of hydrogen-bond donors (Lipinski definition) is 2. The van der Waals surface area contributed by atoms with Gasteiger partial charge in [-0.3, -0.25) is 14.2 Å². The summed E-state index contributed by atoms with van der Waals surface area (Å²) >= 11 is 5.43. The van der Waals surface area contributed by atoms with Gasteiger partial charge in [0.2, 0.25) is 0 Å². The molecule has 7 heteroatoms. The molecule has 1 aliphatic carbocycles. The lowest BCUT2D eigenvalue weighted by Crippen LogP contribution is -3.18. The standard InChI is InChI=1S/C25H28N4O2S/c30-23(28-16-14-27(15-17-28)19-6-2-1-3-7-19)18-10-12-20(13-11-18)29-24(31)21-8-4-5-9-22(21)26-25(29)32/h4-5,8-13,19H,1-3,6-7,14-17H2,(H,26,32)/p+1. The summed E-state index contributed by atoms with van der Waals surface area (Å²) in [6, 6.07) is 15.3. The molecule has 1 saturated heterocycles. The average Bonchev–Trinajstić information content (AvgIpc) is 2.85. The minimum absolute atomic E-state index is 0.0651. The molecule has 166 valence electrons. The van der Waals surface area contributed by atoms with Gasteiger partial charge in [-0.1, -0.05) is 18.6 Å². The highest BCUT2D eigenvalue weighted by Gasteiger charge is 2.30. The maximum absolute atomic E-state index is 13.1. The van der Waals surface area contributed by atoms with Gasteiger partial charge in [-0.15, -0.1) is 0 Å². The van der Waals surface area contributed by atoms with Gasteiger partial charge < -0.3 is 14.8 Å². The zero-order chi connectivity index (χ0) is 22.1. The Labute approximate surface area is 192 Å². The van der Waals surface area contributed by atoms with E-state index in [1.54, 1.807) is 35.2 Å². The third-order valence-corrected chi connectivity index (χ3v) is 7.34. The largest absolute Gasteiger partial charge is 0.331 e. The van der Waals surface area contributed by atoms with E-state index >= 15 is 0 Å². The van der Waals surface area contributed by atoms with Crippen LogP contribution in [-0.2, 0) is 0 Å². The molecule has 1 amide bonds. The first-order chi connectivity index (χ1) is 15.6. The number of H-pyrrole nitrogens is 1. The van der Waals surface area contributed by atoms with Crippen molar-refractivity contribution in [3.63, 3.8) is 0 Å². The maximum Gasteiger partial charge on any atom is 0.266 e. The summed E-state index contributed by atoms with van der Waals surface area (Å²) < 4.78 is 1.83. The highest BCUT2D eigenvalue weighted by Crippen LogP contribution is 2.16. The number of amides is 1. The van der Waals surface area contributed by atoms with Crippen LogP contribution in [0.25, 0.3) is 16.6 Å². The lowest BCUT2D eigenvalue weighted by Gasteiger charge is -2.38. The molecule has 1 aliphatic heterocycles. The van der Waals surface area contributed by atoms with E-state index in [2.05, 4.69) is 4.98 Å². The molecular formula is C25H29N4O2S+. The Balaban J connectivity index is 1.31. The van der Waals surface area contributed by atoms with Crippen LogP contribution in [0.5, 0.6) is 0 Å². The third-order valence-electron chi connectivity index (χ3n) is 7.05. The molecule has 5 rings (SSSR count). The van der Waals surface area contributed by atoms with E-state index in [1.165, 1.54) is 36.7 Å². The highest BCUT2D eigenvalue weighted by atomic mass is 32.1. The van der Waals surface area contributed by atoms with Crippen LogP contribution in [0.3, 0.4) is 0 Å². The summed E-state index contributed by atoms with van der Waals surface area (Å²) in [5.74, 6) is 0.0651. The van der Waals surface area contributed by atoms with Crippen molar-refractivity contribution in [1.29, 1.82) is 0 Å². The van der Waals surface area contributed by atoms with Crippen LogP contribution >= 0.6 is 12.2 Å². The van der Waals surface area contributed by atoms with Gasteiger partial charge in [-0.25, -0.2) is 0 Å². The van der Waals surface area contributed by atoms with Crippen molar-refractivity contribution in [2.24, 2.45) is 0 Å². The van der Waals surface area contributed by atoms with Gasteiger partial charge >= 0.3 is 0 Å². The quantitative estimate of drug-likeness (QED) is 0.605. The highest BCUT2D eigenvalue weighted by molar-refractivity contribution is 7.71. The molecule has 0 unspecified atom stereocenters. The molecule has 2 N–H and O–H groups in total. The minimum atomic E-state index is -0.162. The van der Waals surface area contributed by atoms with Crippen molar-refractivity contribution in [3.8, 4) is 5.69 Å². The molecule has 0 radical (unpaired) electrons. The summed E-state index contributed by atoms with van der Waals surface area (Å²) in [6.45, 7) is 3.69. The molecule has 2 heterocycles. The number of hydrogen-bond acceptors (Lipinski definition) is 3. The van der Waals surface area contributed by atoms with Gasteiger partial charge in [0.05, 0.1) is 48.8 Å². The number of aromatic amines is 1. The Morgan fingerprint density at radius 3 is 2.38 bits per heavy atom. The number of carbonyl (C=O) groups is 1. The normalized spacial score (nSPS) is 18.2. The number of carbonyl (C=O) groups excluding carboxylic acids is 1. The number of fused-ring (bicyclic) bond motifs is 1. The predicted octanol–water partition coefficient (Wildman–Crippen LogP) is 2.72. The molecular weight excluding hydrogens is 420 g/mol. The first-order valence-corrected chi connectivity index (χ1v) is 12.0. The third kappa shape index (κ3) is 4.02. The van der Waals surface area contributed by atoms with Gasteiger partial charge in [0, 0.05) is 5.56 Å². The number of benzene rings is 2. The Bertz CT molecular complexity index is 1230. The fourth-order valence-corrected chi connectivity index (χ4v) is 5.55. The molecule has 2 aliphatic rings. The molecule has 1 saturated carbocycles. The second kappa shape index (κ2) is 9.00. The second-order valence-corrected chi connectivity index (χ2v) is 9.34. The predicted molar refractivity (Wildman–Crippen MR) is 128 cm³/mol. The first-order valence-electron chi connectivity index (χ1n) is 11.6. The van der Waals surface area contributed by atoms with Crippen LogP contribution in [0, 0.1) is 4.77 Å². The fraction of sp³-hybridized carbons (Fsp3) is 0.400. The Morgan fingerprint density at radius 1 is 0.969 bits per heavy atom. The Hall–Kier alpha value is -2.77. The molecule has 0 spiro atoms. The van der Waals surface area contributed by atoms with E-state index in [-0.39, 0.29) is 11.5 Å². The summed E-state index contributed by atoms with van der Waals surface area (Å²) in [6.07, 6.45) is 6.75. The molecule has 1 aromatic heterocycles. The molecule has 2 fully saturated rings. The number of nitrogens with one attached hydrogen (secondary N) is 2. The SMILES string of the molecule is O=C(c1ccc(-n2c(=S)[nH]c3ccccc3c2=O)cc1)N1CC[NH+](C2CCCCC2)CC1. The minimum Gasteiger partial charge on any atom is -0.331 e. The van der Waals surface area contributed by atoms with Gasteiger partial charge in [-0.05, 0) is 74.3 Å². The number of quaternary nitrogens is 1. The van der Waals surface area contributed by atoms with E-state index < -0.39 is 0 Å². The summed E-state index contributed by atoms with van der Waals surface area (Å²) in [4.78, 5) is 32.8. The lowest BCUT2D eigenvalue weighted by molar-refractivity contribution is -0.930. The lowest BCUT2D eigenvalue weighted by atomic mass is 9.94. The van der Waals surface area contributed by atoms with Crippen LogP contribution in [0.4, 0.5) is 0 Å². The van der Waals surface area contributed by atoms with Crippen LogP contribution < -0.4 is 10.5 Å². The second-order valence-electron chi connectivity index (χ2n) is 8.95. The molecule has 32 heavy (non-hydrogen) atoms. The van der Waals surface area contributed by atoms with Crippen LogP contribution in [0.1, 0.15) is 42.5 Å². The van der Waals surface area contributed by atoms with Gasteiger partial charge in [0.1, 0.15) is 0 Å². The zero-order valence-electron chi connectivity index (χ0n) is 18.2. The van der Waals surface area contributed by atoms with Crippen molar-refractivity contribution in [2.75, 3.05) is 26.2 Å². The number of rotatable bonds is 3. The van der Waals surface area contributed by atoms with Crippen molar-refractivity contribution >= 4 is 29.0 Å². The van der Waals surface area contributed by atoms with Crippen molar-refractivity contribution < 1.29 is 9.69 Å². The molecule has 0 atom stereocenters. The monoisotopic (exact) mass is 449 g/mol. The van der Waals surface area contributed by atoms with Gasteiger partial charge in [-0.2, -0.15) is 0 Å². The van der Waals surface area contributed by atoms with E-state index in [9.17, 15) is 9.59 Å². The van der Waals surface area contributed by atoms with Gasteiger partial charge in [0.15, 0.2) is 4.77 Å². The molecule has 3 aromatic rings. The first kappa shape index (κ1) is 21.1. The Morgan fingerprint density at radius 2 is 1.66 bits per heavy atom. The number of nitrogens with zero attached hydrogens (tertiary/aromatic N) is 2. The zero-order valence-corrected chi connectivity index (χ0v) is 19.0. The van der Waals surface area contributed by atoms with Crippen LogP contribution in [0.2, 0.25) is 0 Å². The maximum atomic E-state index is 13.1. The average molecular weight is 450 g/mol. The smallest absolute Gasteiger partial charge is 0.266 e. The van der Waals surface area contributed by atoms with Crippen molar-refractivity contribution in [2.45, 2.75) is 38.1 Å². The van der Waals surface area contributed by atoms with Crippen LogP contribution in [-0.4, -0.2) is 52.6 Å². The summed E-state index contributed by atoms with van der Waals surface area (Å²) in [5.41, 5.74) is 1.87. The van der Waals surface area contributed by atoms with Crippen LogP contribution in [0.15, 0.2) is 53.3 Å². The number of aromatic nitrogens is 2. The molecule has 6 nitrogen and oxygen atoms in total. The number of piperazine rings is 1. The summed E-state index contributed by atoms with van der Waals surface area (Å²) in [5, 5.41) is 0.583. The molecule has 0 bridgehead atoms. The number of para-hydroxylation sites is 1. The summed E-state index contributed by atoms with van der Waals surface area (Å²) in [7, 11) is 0.